The number of carbonyl (C=O) groups is 4. The number of hydrogen-bond donors (Lipinski definition) is 0. The van der Waals surface area contributed by atoms with E-state index >= 15 is 0 Å². The number of fused-ring (bicyclic) bond motifs is 3. The molecule has 0 amide bonds. The van der Waals surface area contributed by atoms with E-state index in [9.17, 15) is 19.2 Å². The predicted octanol–water partition coefficient (Wildman–Crippen LogP) is 7.23. The number of esters is 1. The smallest absolute Gasteiger partial charge is 0.334 e. The van der Waals surface area contributed by atoms with Gasteiger partial charge in [-0.1, -0.05) is 55.8 Å². The van der Waals surface area contributed by atoms with Crippen LogP contribution >= 0.6 is 0 Å². The van der Waals surface area contributed by atoms with E-state index in [4.69, 9.17) is 9.57 Å². The Labute approximate surface area is 248 Å². The van der Waals surface area contributed by atoms with E-state index in [-0.39, 0.29) is 29.4 Å². The summed E-state index contributed by atoms with van der Waals surface area (Å²) in [5.74, 6) is -1.33. The van der Waals surface area contributed by atoms with Crippen molar-refractivity contribution in [1.29, 1.82) is 0 Å². The van der Waals surface area contributed by atoms with Gasteiger partial charge in [0, 0.05) is 40.9 Å². The van der Waals surface area contributed by atoms with Crippen molar-refractivity contribution in [1.82, 2.24) is 4.57 Å². The molecule has 0 saturated heterocycles. The summed E-state index contributed by atoms with van der Waals surface area (Å²) in [5.41, 5.74) is 4.03. The molecule has 1 aromatic heterocycles. The first-order valence-corrected chi connectivity index (χ1v) is 14.1. The minimum atomic E-state index is -0.499. The number of benzene rings is 4. The van der Waals surface area contributed by atoms with Gasteiger partial charge >= 0.3 is 11.9 Å². The maximum absolute atomic E-state index is 13.4. The van der Waals surface area contributed by atoms with Crippen LogP contribution in [0.3, 0.4) is 0 Å². The van der Waals surface area contributed by atoms with Crippen molar-refractivity contribution in [3.8, 4) is 11.4 Å². The van der Waals surface area contributed by atoms with E-state index < -0.39 is 11.9 Å². The molecule has 0 unspecified atom stereocenters. The molecule has 1 heterocycles. The Morgan fingerprint density at radius 3 is 2.16 bits per heavy atom. The van der Waals surface area contributed by atoms with Crippen molar-refractivity contribution < 1.29 is 28.8 Å². The lowest BCUT2D eigenvalue weighted by atomic mass is 10.0. The van der Waals surface area contributed by atoms with Gasteiger partial charge < -0.3 is 14.1 Å². The fourth-order valence-corrected chi connectivity index (χ4v) is 4.98. The Kier molecular flexibility index (Phi) is 8.57. The second-order valence-electron chi connectivity index (χ2n) is 9.98. The van der Waals surface area contributed by atoms with Crippen LogP contribution in [0.1, 0.15) is 66.3 Å². The van der Waals surface area contributed by atoms with Crippen LogP contribution in [-0.4, -0.2) is 33.8 Å². The molecule has 0 saturated carbocycles. The monoisotopic (exact) mass is 574 g/mol. The first-order valence-electron chi connectivity index (χ1n) is 14.1. The van der Waals surface area contributed by atoms with Crippen LogP contribution in [0.25, 0.3) is 27.5 Å². The summed E-state index contributed by atoms with van der Waals surface area (Å²) in [6.45, 7) is 4.89. The molecular formula is C35H30N2O6. The molecule has 0 N–H and O–H groups in total. The fourth-order valence-electron chi connectivity index (χ4n) is 4.98. The maximum atomic E-state index is 13.4. The first-order chi connectivity index (χ1) is 20.8. The fraction of sp³-hybridized carbons (Fsp3) is 0.171. The molecular weight excluding hydrogens is 544 g/mol. The van der Waals surface area contributed by atoms with Crippen LogP contribution in [0.5, 0.6) is 5.75 Å². The van der Waals surface area contributed by atoms with Gasteiger partial charge in [-0.15, -0.1) is 0 Å². The Hall–Kier alpha value is -5.37. The van der Waals surface area contributed by atoms with E-state index in [1.165, 1.54) is 6.92 Å². The van der Waals surface area contributed by atoms with Gasteiger partial charge in [-0.2, -0.15) is 0 Å². The zero-order valence-corrected chi connectivity index (χ0v) is 24.1. The third kappa shape index (κ3) is 5.99. The molecule has 0 aliphatic heterocycles. The summed E-state index contributed by atoms with van der Waals surface area (Å²) in [4.78, 5) is 54.8. The Morgan fingerprint density at radius 1 is 0.767 bits per heavy atom. The van der Waals surface area contributed by atoms with E-state index in [2.05, 4.69) is 9.72 Å². The molecule has 8 heteroatoms. The van der Waals surface area contributed by atoms with Gasteiger partial charge in [0.05, 0.1) is 16.6 Å². The molecule has 8 nitrogen and oxygen atoms in total. The standard InChI is InChI=1S/C35H30N2O6/c1-4-10-29(36-43-33(39)5-2)35(41)24-17-20-31-28(21-24)26-11-6-8-13-30(26)37(31)25-18-15-23(16-19-25)34(40)27-12-7-9-14-32(27)42-22(3)38/h6-9,11-21H,4-5,10H2,1-3H3. The average Bonchev–Trinajstić information content (AvgIpc) is 3.36. The van der Waals surface area contributed by atoms with E-state index in [0.717, 1.165) is 27.5 Å². The van der Waals surface area contributed by atoms with Crippen LogP contribution in [0.4, 0.5) is 0 Å². The van der Waals surface area contributed by atoms with Crippen molar-refractivity contribution in [2.45, 2.75) is 40.0 Å². The molecule has 5 rings (SSSR count). The SMILES string of the molecule is CCCC(=NOC(=O)CC)C(=O)c1ccc2c(c1)c1ccccc1n2-c1ccc(C(=O)c2ccccc2OC(C)=O)cc1. The summed E-state index contributed by atoms with van der Waals surface area (Å²) in [5, 5.41) is 5.71. The number of oxime groups is 1. The van der Waals surface area contributed by atoms with Gasteiger partial charge in [0.25, 0.3) is 0 Å². The number of aromatic nitrogens is 1. The number of para-hydroxylation sites is 2. The van der Waals surface area contributed by atoms with E-state index in [0.29, 0.717) is 29.5 Å². The average molecular weight is 575 g/mol. The largest absolute Gasteiger partial charge is 0.426 e. The molecule has 0 radical (unpaired) electrons. The van der Waals surface area contributed by atoms with Gasteiger partial charge in [-0.05, 0) is 67.1 Å². The third-order valence-corrected chi connectivity index (χ3v) is 7.00. The minimum absolute atomic E-state index is 0.166. The van der Waals surface area contributed by atoms with Crippen LogP contribution in [-0.2, 0) is 14.4 Å². The molecule has 5 aromatic rings. The number of ether oxygens (including phenoxy) is 1. The Bertz CT molecular complexity index is 1900. The number of ketones is 2. The summed E-state index contributed by atoms with van der Waals surface area (Å²) in [6, 6.07) is 27.2. The van der Waals surface area contributed by atoms with Crippen molar-refractivity contribution in [3.05, 3.63) is 108 Å². The molecule has 0 atom stereocenters. The number of rotatable bonds is 10. The van der Waals surface area contributed by atoms with Gasteiger partial charge in [0.2, 0.25) is 5.78 Å². The lowest BCUT2D eigenvalue weighted by Crippen LogP contribution is -2.16. The molecule has 0 aliphatic rings. The topological polar surface area (TPSA) is 104 Å². The van der Waals surface area contributed by atoms with Gasteiger partial charge in [0.1, 0.15) is 11.5 Å². The summed E-state index contributed by atoms with van der Waals surface area (Å²) in [7, 11) is 0. The lowest BCUT2D eigenvalue weighted by molar-refractivity contribution is -0.143. The van der Waals surface area contributed by atoms with Crippen LogP contribution in [0.15, 0.2) is 96.2 Å². The summed E-state index contributed by atoms with van der Waals surface area (Å²) >= 11 is 0. The molecule has 43 heavy (non-hydrogen) atoms. The van der Waals surface area contributed by atoms with Crippen molar-refractivity contribution in [3.63, 3.8) is 0 Å². The second kappa shape index (κ2) is 12.7. The lowest BCUT2D eigenvalue weighted by Gasteiger charge is -2.11. The highest BCUT2D eigenvalue weighted by Crippen LogP contribution is 2.33. The maximum Gasteiger partial charge on any atom is 0.334 e. The quantitative estimate of drug-likeness (QED) is 0.0435. The number of nitrogens with zero attached hydrogens (tertiary/aromatic N) is 2. The Morgan fingerprint density at radius 2 is 1.44 bits per heavy atom. The molecule has 0 bridgehead atoms. The van der Waals surface area contributed by atoms with Crippen molar-refractivity contribution >= 4 is 51.0 Å². The van der Waals surface area contributed by atoms with Crippen LogP contribution < -0.4 is 4.74 Å². The zero-order valence-electron chi connectivity index (χ0n) is 24.1. The highest BCUT2D eigenvalue weighted by molar-refractivity contribution is 6.46. The molecule has 0 spiro atoms. The number of hydrogen-bond acceptors (Lipinski definition) is 7. The van der Waals surface area contributed by atoms with Gasteiger partial charge in [-0.3, -0.25) is 14.4 Å². The minimum Gasteiger partial charge on any atom is -0.426 e. The summed E-state index contributed by atoms with van der Waals surface area (Å²) in [6.07, 6.45) is 1.22. The highest BCUT2D eigenvalue weighted by atomic mass is 16.7. The van der Waals surface area contributed by atoms with Gasteiger partial charge in [0.15, 0.2) is 5.78 Å². The highest BCUT2D eigenvalue weighted by Gasteiger charge is 2.20. The third-order valence-electron chi connectivity index (χ3n) is 7.00. The van der Waals surface area contributed by atoms with Crippen LogP contribution in [0.2, 0.25) is 0 Å². The van der Waals surface area contributed by atoms with Crippen LogP contribution in [0, 0.1) is 0 Å². The van der Waals surface area contributed by atoms with Crippen molar-refractivity contribution in [2.24, 2.45) is 5.16 Å². The van der Waals surface area contributed by atoms with E-state index in [1.807, 2.05) is 55.5 Å². The number of Topliss-reactive ketones (excluding diaryl/α,β-unsaturated/α-hetero) is 1. The zero-order chi connectivity index (χ0) is 30.5. The molecule has 4 aromatic carbocycles. The first kappa shape index (κ1) is 29.1. The summed E-state index contributed by atoms with van der Waals surface area (Å²) < 4.78 is 7.31. The number of carbonyl (C=O) groups excluding carboxylic acids is 4. The Balaban J connectivity index is 1.53. The molecule has 216 valence electrons. The van der Waals surface area contributed by atoms with Crippen molar-refractivity contribution in [2.75, 3.05) is 0 Å². The van der Waals surface area contributed by atoms with Gasteiger partial charge in [-0.25, -0.2) is 4.79 Å². The molecule has 0 aliphatic carbocycles. The second-order valence-corrected chi connectivity index (χ2v) is 9.98. The molecule has 0 fully saturated rings. The predicted molar refractivity (Wildman–Crippen MR) is 165 cm³/mol. The normalized spacial score (nSPS) is 11.5. The van der Waals surface area contributed by atoms with E-state index in [1.54, 1.807) is 49.4 Å².